The van der Waals surface area contributed by atoms with Crippen LogP contribution in [0.3, 0.4) is 0 Å². The highest BCUT2D eigenvalue weighted by atomic mass is 79.9. The van der Waals surface area contributed by atoms with Crippen molar-refractivity contribution in [3.05, 3.63) is 34.3 Å². The topological polar surface area (TPSA) is 29.3 Å². The lowest BCUT2D eigenvalue weighted by Gasteiger charge is -2.37. The van der Waals surface area contributed by atoms with Gasteiger partial charge in [0.05, 0.1) is 0 Å². The molecule has 2 N–H and O–H groups in total. The minimum atomic E-state index is 0.359. The van der Waals surface area contributed by atoms with Gasteiger partial charge in [-0.3, -0.25) is 4.90 Å². The SMILES string of the molecule is CCC1CN(C(CN)c2cccc(Br)c2)CCS1. The summed E-state index contributed by atoms with van der Waals surface area (Å²) in [7, 11) is 0. The Morgan fingerprint density at radius 2 is 2.39 bits per heavy atom. The minimum Gasteiger partial charge on any atom is -0.329 e. The molecule has 2 rings (SSSR count). The molecule has 2 nitrogen and oxygen atoms in total. The maximum atomic E-state index is 6.01. The molecule has 0 bridgehead atoms. The molecule has 1 saturated heterocycles. The number of nitrogens with two attached hydrogens (primary N) is 1. The van der Waals surface area contributed by atoms with Crippen LogP contribution in [0.15, 0.2) is 28.7 Å². The highest BCUT2D eigenvalue weighted by Gasteiger charge is 2.25. The van der Waals surface area contributed by atoms with E-state index in [-0.39, 0.29) is 0 Å². The Kier molecular flexibility index (Phi) is 5.55. The van der Waals surface area contributed by atoms with Crippen LogP contribution in [0.25, 0.3) is 0 Å². The van der Waals surface area contributed by atoms with Crippen LogP contribution in [0.1, 0.15) is 24.9 Å². The summed E-state index contributed by atoms with van der Waals surface area (Å²) in [6.07, 6.45) is 1.25. The molecule has 1 aliphatic rings. The van der Waals surface area contributed by atoms with Crippen molar-refractivity contribution < 1.29 is 0 Å². The molecule has 1 aromatic carbocycles. The molecule has 0 aromatic heterocycles. The summed E-state index contributed by atoms with van der Waals surface area (Å²) >= 11 is 5.65. The zero-order chi connectivity index (χ0) is 13.0. The van der Waals surface area contributed by atoms with E-state index in [1.165, 1.54) is 17.7 Å². The molecule has 2 unspecified atom stereocenters. The lowest BCUT2D eigenvalue weighted by molar-refractivity contribution is 0.207. The van der Waals surface area contributed by atoms with Crippen molar-refractivity contribution in [2.75, 3.05) is 25.4 Å². The van der Waals surface area contributed by atoms with Crippen LogP contribution in [0.2, 0.25) is 0 Å². The number of thioether (sulfide) groups is 1. The molecule has 4 heteroatoms. The van der Waals surface area contributed by atoms with Crippen molar-refractivity contribution in [3.8, 4) is 0 Å². The van der Waals surface area contributed by atoms with Crippen LogP contribution in [0.5, 0.6) is 0 Å². The first-order valence-electron chi connectivity index (χ1n) is 6.55. The van der Waals surface area contributed by atoms with Crippen LogP contribution in [-0.4, -0.2) is 35.5 Å². The average molecular weight is 329 g/mol. The molecule has 0 amide bonds. The Morgan fingerprint density at radius 3 is 3.06 bits per heavy atom. The number of rotatable bonds is 4. The van der Waals surface area contributed by atoms with Gasteiger partial charge in [0.15, 0.2) is 0 Å². The minimum absolute atomic E-state index is 0.359. The van der Waals surface area contributed by atoms with Gasteiger partial charge < -0.3 is 5.73 Å². The molecular weight excluding hydrogens is 308 g/mol. The van der Waals surface area contributed by atoms with Gasteiger partial charge in [-0.2, -0.15) is 11.8 Å². The second kappa shape index (κ2) is 6.94. The molecular formula is C14H21BrN2S. The summed E-state index contributed by atoms with van der Waals surface area (Å²) in [4.78, 5) is 2.55. The Labute approximate surface area is 122 Å². The molecule has 0 aliphatic carbocycles. The number of hydrogen-bond donors (Lipinski definition) is 1. The highest BCUT2D eigenvalue weighted by Crippen LogP contribution is 2.29. The lowest BCUT2D eigenvalue weighted by Crippen LogP contribution is -2.42. The normalized spacial score (nSPS) is 22.9. The largest absolute Gasteiger partial charge is 0.329 e. The Bertz CT molecular complexity index is 386. The third-order valence-electron chi connectivity index (χ3n) is 3.52. The van der Waals surface area contributed by atoms with Gasteiger partial charge in [0.25, 0.3) is 0 Å². The first kappa shape index (κ1) is 14.4. The molecule has 1 aliphatic heterocycles. The summed E-state index contributed by atoms with van der Waals surface area (Å²) in [5.41, 5.74) is 7.34. The molecule has 0 radical (unpaired) electrons. The summed E-state index contributed by atoms with van der Waals surface area (Å²) in [5, 5.41) is 0.764. The predicted molar refractivity (Wildman–Crippen MR) is 84.0 cm³/mol. The standard InChI is InChI=1S/C14H21BrN2S/c1-2-13-10-17(6-7-18-13)14(9-16)11-4-3-5-12(15)8-11/h3-5,8,13-14H,2,6-7,9-10,16H2,1H3. The van der Waals surface area contributed by atoms with Crippen molar-refractivity contribution in [1.82, 2.24) is 4.90 Å². The quantitative estimate of drug-likeness (QED) is 0.919. The molecule has 1 aromatic rings. The van der Waals surface area contributed by atoms with Gasteiger partial charge in [-0.05, 0) is 24.1 Å². The molecule has 18 heavy (non-hydrogen) atoms. The van der Waals surface area contributed by atoms with E-state index in [2.05, 4.69) is 63.8 Å². The van der Waals surface area contributed by atoms with Crippen molar-refractivity contribution >= 4 is 27.7 Å². The molecule has 2 atom stereocenters. The van der Waals surface area contributed by atoms with E-state index in [0.29, 0.717) is 12.6 Å². The van der Waals surface area contributed by atoms with E-state index in [0.717, 1.165) is 22.8 Å². The first-order valence-corrected chi connectivity index (χ1v) is 8.40. The zero-order valence-corrected chi connectivity index (χ0v) is 13.2. The highest BCUT2D eigenvalue weighted by molar-refractivity contribution is 9.10. The third kappa shape index (κ3) is 3.50. The number of hydrogen-bond acceptors (Lipinski definition) is 3. The van der Waals surface area contributed by atoms with Gasteiger partial charge in [0, 0.05) is 41.2 Å². The first-order chi connectivity index (χ1) is 8.74. The summed E-state index contributed by atoms with van der Waals surface area (Å²) < 4.78 is 1.14. The Hall–Kier alpha value is -0.0300. The number of halogens is 1. The fraction of sp³-hybridized carbons (Fsp3) is 0.571. The average Bonchev–Trinajstić information content (AvgIpc) is 2.40. The van der Waals surface area contributed by atoms with Crippen LogP contribution in [0.4, 0.5) is 0 Å². The summed E-state index contributed by atoms with van der Waals surface area (Å²) in [5.74, 6) is 1.23. The summed E-state index contributed by atoms with van der Waals surface area (Å²) in [6, 6.07) is 8.90. The van der Waals surface area contributed by atoms with E-state index < -0.39 is 0 Å². The van der Waals surface area contributed by atoms with Gasteiger partial charge in [-0.25, -0.2) is 0 Å². The van der Waals surface area contributed by atoms with E-state index in [9.17, 15) is 0 Å². The van der Waals surface area contributed by atoms with Gasteiger partial charge >= 0.3 is 0 Å². The van der Waals surface area contributed by atoms with Gasteiger partial charge in [-0.15, -0.1) is 0 Å². The van der Waals surface area contributed by atoms with Crippen LogP contribution < -0.4 is 5.73 Å². The van der Waals surface area contributed by atoms with Crippen molar-refractivity contribution in [3.63, 3.8) is 0 Å². The molecule has 1 fully saturated rings. The molecule has 100 valence electrons. The van der Waals surface area contributed by atoms with E-state index in [1.807, 2.05) is 0 Å². The fourth-order valence-corrected chi connectivity index (χ4v) is 4.10. The van der Waals surface area contributed by atoms with Crippen LogP contribution >= 0.6 is 27.7 Å². The van der Waals surface area contributed by atoms with Gasteiger partial charge in [0.1, 0.15) is 0 Å². The number of benzene rings is 1. The van der Waals surface area contributed by atoms with Crippen LogP contribution in [0, 0.1) is 0 Å². The van der Waals surface area contributed by atoms with Gasteiger partial charge in [0.2, 0.25) is 0 Å². The van der Waals surface area contributed by atoms with E-state index in [1.54, 1.807) is 0 Å². The van der Waals surface area contributed by atoms with E-state index >= 15 is 0 Å². The molecule has 1 heterocycles. The maximum Gasteiger partial charge on any atom is 0.0471 e. The second-order valence-electron chi connectivity index (χ2n) is 4.70. The van der Waals surface area contributed by atoms with Crippen molar-refractivity contribution in [2.45, 2.75) is 24.6 Å². The number of nitrogens with zero attached hydrogens (tertiary/aromatic N) is 1. The molecule has 0 spiro atoms. The Balaban J connectivity index is 2.12. The van der Waals surface area contributed by atoms with Crippen molar-refractivity contribution in [1.29, 1.82) is 0 Å². The smallest absolute Gasteiger partial charge is 0.0471 e. The molecule has 0 saturated carbocycles. The lowest BCUT2D eigenvalue weighted by atomic mass is 10.0. The second-order valence-corrected chi connectivity index (χ2v) is 7.03. The summed E-state index contributed by atoms with van der Waals surface area (Å²) in [6.45, 7) is 5.28. The monoisotopic (exact) mass is 328 g/mol. The van der Waals surface area contributed by atoms with Crippen molar-refractivity contribution in [2.24, 2.45) is 5.73 Å². The maximum absolute atomic E-state index is 6.01. The van der Waals surface area contributed by atoms with Crippen LogP contribution in [-0.2, 0) is 0 Å². The van der Waals surface area contributed by atoms with E-state index in [4.69, 9.17) is 5.73 Å². The van der Waals surface area contributed by atoms with Gasteiger partial charge in [-0.1, -0.05) is 35.0 Å². The Morgan fingerprint density at radius 1 is 1.56 bits per heavy atom. The third-order valence-corrected chi connectivity index (χ3v) is 5.39. The predicted octanol–water partition coefficient (Wildman–Crippen LogP) is 3.28. The zero-order valence-electron chi connectivity index (χ0n) is 10.8. The fourth-order valence-electron chi connectivity index (χ4n) is 2.48.